The molecule has 1 unspecified atom stereocenters. The molecule has 4 nitrogen and oxygen atoms in total. The Morgan fingerprint density at radius 3 is 2.63 bits per heavy atom. The van der Waals surface area contributed by atoms with E-state index in [9.17, 15) is 4.79 Å². The molecular weight excluding hydrogens is 285 g/mol. The summed E-state index contributed by atoms with van der Waals surface area (Å²) in [5, 5.41) is 7.05. The van der Waals surface area contributed by atoms with E-state index in [-0.39, 0.29) is 11.9 Å². The van der Waals surface area contributed by atoms with Crippen molar-refractivity contribution in [3.05, 3.63) is 28.2 Å². The first-order valence-electron chi connectivity index (χ1n) is 6.28. The van der Waals surface area contributed by atoms with E-state index in [4.69, 9.17) is 23.2 Å². The van der Waals surface area contributed by atoms with Gasteiger partial charge in [0, 0.05) is 31.9 Å². The highest BCUT2D eigenvalue weighted by molar-refractivity contribution is 6.42. The number of piperazine rings is 1. The molecular formula is C13H17Cl2N3O. The van der Waals surface area contributed by atoms with Gasteiger partial charge in [-0.15, -0.1) is 0 Å². The van der Waals surface area contributed by atoms with Gasteiger partial charge in [-0.05, 0) is 25.1 Å². The zero-order chi connectivity index (χ0) is 13.8. The van der Waals surface area contributed by atoms with E-state index in [1.807, 2.05) is 6.92 Å². The van der Waals surface area contributed by atoms with Gasteiger partial charge in [0.2, 0.25) is 5.91 Å². The lowest BCUT2D eigenvalue weighted by Crippen LogP contribution is -2.51. The van der Waals surface area contributed by atoms with Crippen LogP contribution in [0.2, 0.25) is 10.0 Å². The molecule has 0 aliphatic carbocycles. The van der Waals surface area contributed by atoms with E-state index >= 15 is 0 Å². The highest BCUT2D eigenvalue weighted by Crippen LogP contribution is 2.25. The maximum atomic E-state index is 12.2. The summed E-state index contributed by atoms with van der Waals surface area (Å²) in [5.74, 6) is -0.0275. The van der Waals surface area contributed by atoms with Gasteiger partial charge in [0.05, 0.1) is 16.1 Å². The highest BCUT2D eigenvalue weighted by atomic mass is 35.5. The van der Waals surface area contributed by atoms with E-state index < -0.39 is 0 Å². The van der Waals surface area contributed by atoms with Crippen LogP contribution in [0.5, 0.6) is 0 Å². The number of amides is 1. The zero-order valence-corrected chi connectivity index (χ0v) is 12.3. The molecule has 0 radical (unpaired) electrons. The molecule has 0 saturated carbocycles. The predicted molar refractivity (Wildman–Crippen MR) is 79.0 cm³/mol. The van der Waals surface area contributed by atoms with Gasteiger partial charge in [-0.3, -0.25) is 9.69 Å². The van der Waals surface area contributed by atoms with Crippen LogP contribution in [0.25, 0.3) is 0 Å². The van der Waals surface area contributed by atoms with Crippen LogP contribution in [-0.2, 0) is 4.79 Å². The third-order valence-corrected chi connectivity index (χ3v) is 4.00. The molecule has 0 aromatic heterocycles. The summed E-state index contributed by atoms with van der Waals surface area (Å²) in [6.45, 7) is 5.53. The molecule has 0 spiro atoms. The number of hydrogen-bond donors (Lipinski definition) is 2. The quantitative estimate of drug-likeness (QED) is 0.900. The van der Waals surface area contributed by atoms with Crippen molar-refractivity contribution in [1.82, 2.24) is 10.2 Å². The van der Waals surface area contributed by atoms with Gasteiger partial charge in [-0.1, -0.05) is 23.2 Å². The number of hydrogen-bond acceptors (Lipinski definition) is 3. The number of halogens is 2. The average molecular weight is 302 g/mol. The molecule has 1 aliphatic heterocycles. The van der Waals surface area contributed by atoms with Crippen LogP contribution in [0, 0.1) is 0 Å². The number of carbonyl (C=O) groups excluding carboxylic acids is 1. The molecule has 0 bridgehead atoms. The van der Waals surface area contributed by atoms with E-state index in [1.165, 1.54) is 0 Å². The second-order valence-corrected chi connectivity index (χ2v) is 5.39. The third kappa shape index (κ3) is 3.83. The van der Waals surface area contributed by atoms with E-state index in [0.717, 1.165) is 26.2 Å². The van der Waals surface area contributed by atoms with E-state index in [0.29, 0.717) is 15.7 Å². The Hall–Kier alpha value is -0.810. The molecule has 2 N–H and O–H groups in total. The lowest BCUT2D eigenvalue weighted by molar-refractivity contribution is -0.120. The molecule has 1 heterocycles. The number of nitrogens with one attached hydrogen (secondary N) is 2. The molecule has 1 atom stereocenters. The van der Waals surface area contributed by atoms with Crippen LogP contribution in [0.4, 0.5) is 5.69 Å². The summed E-state index contributed by atoms with van der Waals surface area (Å²) in [4.78, 5) is 14.3. The fraction of sp³-hybridized carbons (Fsp3) is 0.462. The van der Waals surface area contributed by atoms with Crippen molar-refractivity contribution >= 4 is 34.8 Å². The van der Waals surface area contributed by atoms with Crippen molar-refractivity contribution in [3.63, 3.8) is 0 Å². The predicted octanol–water partition coefficient (Wildman–Crippen LogP) is 2.23. The SMILES string of the molecule is CC(C(=O)Nc1ccc(Cl)c(Cl)c1)N1CCNCC1. The Kier molecular flexibility index (Phi) is 5.05. The van der Waals surface area contributed by atoms with Crippen molar-refractivity contribution in [2.24, 2.45) is 0 Å². The summed E-state index contributed by atoms with van der Waals surface area (Å²) < 4.78 is 0. The standard InChI is InChI=1S/C13H17Cl2N3O/c1-9(18-6-4-16-5-7-18)13(19)17-10-2-3-11(14)12(15)8-10/h2-3,8-9,16H,4-7H2,1H3,(H,17,19). The minimum atomic E-state index is -0.156. The molecule has 19 heavy (non-hydrogen) atoms. The van der Waals surface area contributed by atoms with Crippen molar-refractivity contribution in [2.45, 2.75) is 13.0 Å². The van der Waals surface area contributed by atoms with Gasteiger partial charge >= 0.3 is 0 Å². The van der Waals surface area contributed by atoms with Gasteiger partial charge < -0.3 is 10.6 Å². The number of anilines is 1. The minimum absolute atomic E-state index is 0.0275. The first-order valence-corrected chi connectivity index (χ1v) is 7.04. The molecule has 1 amide bonds. The monoisotopic (exact) mass is 301 g/mol. The van der Waals surface area contributed by atoms with Crippen LogP contribution in [0.1, 0.15) is 6.92 Å². The summed E-state index contributed by atoms with van der Waals surface area (Å²) in [5.41, 5.74) is 0.668. The second kappa shape index (κ2) is 6.57. The molecule has 2 rings (SSSR count). The van der Waals surface area contributed by atoms with Gasteiger partial charge in [0.1, 0.15) is 0 Å². The van der Waals surface area contributed by atoms with Gasteiger partial charge in [-0.25, -0.2) is 0 Å². The molecule has 1 aromatic rings. The van der Waals surface area contributed by atoms with Gasteiger partial charge in [0.25, 0.3) is 0 Å². The maximum Gasteiger partial charge on any atom is 0.241 e. The topological polar surface area (TPSA) is 44.4 Å². The molecule has 6 heteroatoms. The van der Waals surface area contributed by atoms with Gasteiger partial charge in [-0.2, -0.15) is 0 Å². The summed E-state index contributed by atoms with van der Waals surface area (Å²) >= 11 is 11.8. The Morgan fingerprint density at radius 1 is 1.32 bits per heavy atom. The number of carbonyl (C=O) groups is 1. The summed E-state index contributed by atoms with van der Waals surface area (Å²) in [6.07, 6.45) is 0. The first kappa shape index (κ1) is 14.6. The van der Waals surface area contributed by atoms with Crippen LogP contribution in [0.15, 0.2) is 18.2 Å². The smallest absolute Gasteiger partial charge is 0.241 e. The van der Waals surface area contributed by atoms with Crippen LogP contribution in [-0.4, -0.2) is 43.0 Å². The largest absolute Gasteiger partial charge is 0.325 e. The normalized spacial score (nSPS) is 18.1. The Bertz CT molecular complexity index is 461. The molecule has 1 fully saturated rings. The second-order valence-electron chi connectivity index (χ2n) is 4.58. The lowest BCUT2D eigenvalue weighted by atomic mass is 10.2. The number of nitrogens with zero attached hydrogens (tertiary/aromatic N) is 1. The van der Waals surface area contributed by atoms with Crippen molar-refractivity contribution in [3.8, 4) is 0 Å². The van der Waals surface area contributed by atoms with E-state index in [1.54, 1.807) is 18.2 Å². The number of rotatable bonds is 3. The van der Waals surface area contributed by atoms with Gasteiger partial charge in [0.15, 0.2) is 0 Å². The Balaban J connectivity index is 1.97. The molecule has 1 saturated heterocycles. The summed E-state index contributed by atoms with van der Waals surface area (Å²) in [6, 6.07) is 4.93. The molecule has 104 valence electrons. The summed E-state index contributed by atoms with van der Waals surface area (Å²) in [7, 11) is 0. The van der Waals surface area contributed by atoms with Crippen molar-refractivity contribution < 1.29 is 4.79 Å². The fourth-order valence-electron chi connectivity index (χ4n) is 2.06. The molecule has 1 aliphatic rings. The van der Waals surface area contributed by atoms with Crippen LogP contribution < -0.4 is 10.6 Å². The Morgan fingerprint density at radius 2 is 2.00 bits per heavy atom. The third-order valence-electron chi connectivity index (χ3n) is 3.27. The van der Waals surface area contributed by atoms with E-state index in [2.05, 4.69) is 15.5 Å². The first-order chi connectivity index (χ1) is 9.08. The fourth-order valence-corrected chi connectivity index (χ4v) is 2.35. The van der Waals surface area contributed by atoms with Crippen LogP contribution in [0.3, 0.4) is 0 Å². The average Bonchev–Trinajstić information content (AvgIpc) is 2.43. The van der Waals surface area contributed by atoms with Crippen molar-refractivity contribution in [2.75, 3.05) is 31.5 Å². The van der Waals surface area contributed by atoms with Crippen molar-refractivity contribution in [1.29, 1.82) is 0 Å². The lowest BCUT2D eigenvalue weighted by Gasteiger charge is -2.31. The Labute approximate surface area is 123 Å². The maximum absolute atomic E-state index is 12.2. The molecule has 1 aromatic carbocycles. The highest BCUT2D eigenvalue weighted by Gasteiger charge is 2.22. The number of benzene rings is 1. The van der Waals surface area contributed by atoms with Crippen LogP contribution >= 0.6 is 23.2 Å². The minimum Gasteiger partial charge on any atom is -0.325 e. The zero-order valence-electron chi connectivity index (χ0n) is 10.7.